The summed E-state index contributed by atoms with van der Waals surface area (Å²) < 4.78 is 5.56. The Bertz CT molecular complexity index is 2130. The fourth-order valence-corrected chi connectivity index (χ4v) is 6.99. The molecule has 222 valence electrons. The van der Waals surface area contributed by atoms with Gasteiger partial charge < -0.3 is 10.1 Å². The summed E-state index contributed by atoms with van der Waals surface area (Å²) in [6, 6.07) is 24.6. The molecule has 8 rings (SSSR count). The van der Waals surface area contributed by atoms with E-state index in [9.17, 15) is 0 Å². The summed E-state index contributed by atoms with van der Waals surface area (Å²) in [6.07, 6.45) is 6.50. The number of aliphatic imine (C=N–C) groups is 1. The Morgan fingerprint density at radius 1 is 0.778 bits per heavy atom. The lowest BCUT2D eigenvalue weighted by atomic mass is 10.1. The van der Waals surface area contributed by atoms with Crippen molar-refractivity contribution in [2.24, 2.45) is 4.99 Å². The highest BCUT2D eigenvalue weighted by Gasteiger charge is 2.16. The minimum absolute atomic E-state index is 0.422. The molecule has 45 heavy (non-hydrogen) atoms. The van der Waals surface area contributed by atoms with Crippen LogP contribution < -0.4 is 10.1 Å². The Labute approximate surface area is 271 Å². The number of rotatable bonds is 7. The van der Waals surface area contributed by atoms with Crippen molar-refractivity contribution in [3.05, 3.63) is 123 Å². The zero-order valence-corrected chi connectivity index (χ0v) is 26.4. The number of aromatic nitrogens is 6. The van der Waals surface area contributed by atoms with Gasteiger partial charge >= 0.3 is 0 Å². The topological polar surface area (TPSA) is 111 Å². The monoisotopic (exact) mass is 648 g/mol. The van der Waals surface area contributed by atoms with Crippen LogP contribution in [0.2, 0.25) is 5.15 Å². The van der Waals surface area contributed by atoms with Crippen LogP contribution in [0, 0.1) is 0 Å². The van der Waals surface area contributed by atoms with Crippen LogP contribution in [0.15, 0.2) is 90.4 Å². The minimum atomic E-state index is 0.422. The van der Waals surface area contributed by atoms with Crippen LogP contribution in [0.1, 0.15) is 32.3 Å². The van der Waals surface area contributed by atoms with E-state index in [2.05, 4.69) is 59.5 Å². The van der Waals surface area contributed by atoms with Crippen LogP contribution in [0.4, 0.5) is 11.5 Å². The molecule has 1 aliphatic rings. The van der Waals surface area contributed by atoms with E-state index < -0.39 is 0 Å². The Morgan fingerprint density at radius 2 is 1.40 bits per heavy atom. The third-order valence-corrected chi connectivity index (χ3v) is 9.24. The quantitative estimate of drug-likeness (QED) is 0.175. The summed E-state index contributed by atoms with van der Waals surface area (Å²) >= 11 is 9.12. The molecule has 0 saturated heterocycles. The van der Waals surface area contributed by atoms with E-state index in [0.29, 0.717) is 23.0 Å². The lowest BCUT2D eigenvalue weighted by Crippen LogP contribution is -2.00. The number of thiazole rings is 2. The molecule has 0 bridgehead atoms. The molecule has 0 fully saturated rings. The number of methoxy groups -OCH3 is 1. The van der Waals surface area contributed by atoms with Crippen molar-refractivity contribution < 1.29 is 4.74 Å². The van der Waals surface area contributed by atoms with Gasteiger partial charge in [-0.25, -0.2) is 29.9 Å². The number of hydrogen-bond acceptors (Lipinski definition) is 11. The maximum atomic E-state index is 5.97. The summed E-state index contributed by atoms with van der Waals surface area (Å²) in [7, 11) is 1.67. The number of hydrogen-bond donors (Lipinski definition) is 1. The molecule has 1 N–H and O–H groups in total. The molecule has 12 heteroatoms. The number of nitrogens with one attached hydrogen (secondary N) is 1. The van der Waals surface area contributed by atoms with Crippen molar-refractivity contribution in [3.8, 4) is 5.75 Å². The maximum Gasteiger partial charge on any atom is 0.161 e. The predicted molar refractivity (Wildman–Crippen MR) is 182 cm³/mol. The van der Waals surface area contributed by atoms with E-state index in [4.69, 9.17) is 21.3 Å². The van der Waals surface area contributed by atoms with E-state index in [1.54, 1.807) is 36.1 Å². The van der Waals surface area contributed by atoms with Crippen LogP contribution >= 0.6 is 34.3 Å². The number of benzene rings is 3. The standard InChI is InChI=1S/C21H17N5OS.C12H8ClN3S/c1-27-17-9-15-11-22-10-14(15)8-16(17)25-20-19-21(24-12-23-20)28-18(26-19)7-13-5-3-2-4-6-13;13-11-10-12(15-7-14-11)17-9(16-10)6-8-4-2-1-3-5-8/h2-6,8-10,12H,7,11H2,1H3,(H,23,24,25);1-5,7H,6H2. The molecule has 0 radical (unpaired) electrons. The number of fused-ring (bicyclic) bond motifs is 3. The summed E-state index contributed by atoms with van der Waals surface area (Å²) in [5, 5.41) is 5.82. The molecule has 0 aliphatic carbocycles. The maximum absolute atomic E-state index is 5.97. The highest BCUT2D eigenvalue weighted by atomic mass is 35.5. The highest BCUT2D eigenvalue weighted by Crippen LogP contribution is 2.34. The van der Waals surface area contributed by atoms with Gasteiger partial charge in [0.1, 0.15) is 39.1 Å². The van der Waals surface area contributed by atoms with Gasteiger partial charge in [0.15, 0.2) is 11.0 Å². The largest absolute Gasteiger partial charge is 0.495 e. The molecule has 3 aromatic carbocycles. The Kier molecular flexibility index (Phi) is 8.37. The highest BCUT2D eigenvalue weighted by molar-refractivity contribution is 7.18. The Morgan fingerprint density at radius 3 is 2.04 bits per heavy atom. The Hall–Kier alpha value is -4.84. The molecular weight excluding hydrogens is 624 g/mol. The fraction of sp³-hybridized carbons (Fsp3) is 0.121. The van der Waals surface area contributed by atoms with Gasteiger partial charge in [-0.15, -0.1) is 0 Å². The van der Waals surface area contributed by atoms with Gasteiger partial charge in [-0.2, -0.15) is 0 Å². The first-order valence-electron chi connectivity index (χ1n) is 14.0. The minimum Gasteiger partial charge on any atom is -0.495 e. The smallest absolute Gasteiger partial charge is 0.161 e. The van der Waals surface area contributed by atoms with Gasteiger partial charge in [-0.3, -0.25) is 4.99 Å². The van der Waals surface area contributed by atoms with Crippen molar-refractivity contribution in [3.63, 3.8) is 0 Å². The summed E-state index contributed by atoms with van der Waals surface area (Å²) in [4.78, 5) is 32.2. The second kappa shape index (κ2) is 13.0. The predicted octanol–water partition coefficient (Wildman–Crippen LogP) is 7.69. The van der Waals surface area contributed by atoms with Gasteiger partial charge in [0.25, 0.3) is 0 Å². The zero-order chi connectivity index (χ0) is 30.6. The van der Waals surface area contributed by atoms with Gasteiger partial charge in [-0.05, 0) is 34.4 Å². The zero-order valence-electron chi connectivity index (χ0n) is 24.0. The molecule has 1 aliphatic heterocycles. The van der Waals surface area contributed by atoms with Crippen LogP contribution in [0.5, 0.6) is 5.75 Å². The van der Waals surface area contributed by atoms with E-state index in [0.717, 1.165) is 60.6 Å². The SMILES string of the molecule is COc1cc2c(cc1Nc1ncnc3sc(Cc4ccccc4)nc13)C=NC2.Clc1ncnc2sc(Cc3ccccc3)nc12. The lowest BCUT2D eigenvalue weighted by Gasteiger charge is -2.12. The van der Waals surface area contributed by atoms with Gasteiger partial charge in [0, 0.05) is 19.1 Å². The van der Waals surface area contributed by atoms with Gasteiger partial charge in [-0.1, -0.05) is 94.9 Å². The van der Waals surface area contributed by atoms with E-state index >= 15 is 0 Å². The molecule has 0 unspecified atom stereocenters. The average molecular weight is 649 g/mol. The average Bonchev–Trinajstić information content (AvgIpc) is 3.81. The van der Waals surface area contributed by atoms with Gasteiger partial charge in [0.05, 0.1) is 29.4 Å². The summed E-state index contributed by atoms with van der Waals surface area (Å²) in [5.41, 5.74) is 7.02. The first-order valence-corrected chi connectivity index (χ1v) is 16.1. The van der Waals surface area contributed by atoms with E-state index in [1.807, 2.05) is 54.7 Å². The number of ether oxygens (including phenoxy) is 1. The van der Waals surface area contributed by atoms with Crippen molar-refractivity contribution >= 4 is 72.7 Å². The van der Waals surface area contributed by atoms with Crippen molar-refractivity contribution in [2.75, 3.05) is 12.4 Å². The molecule has 9 nitrogen and oxygen atoms in total. The second-order valence-electron chi connectivity index (χ2n) is 10.1. The van der Waals surface area contributed by atoms with Crippen LogP contribution in [-0.2, 0) is 19.4 Å². The number of anilines is 2. The first kappa shape index (κ1) is 28.9. The van der Waals surface area contributed by atoms with E-state index in [-0.39, 0.29) is 0 Å². The van der Waals surface area contributed by atoms with Crippen molar-refractivity contribution in [1.82, 2.24) is 29.9 Å². The van der Waals surface area contributed by atoms with Gasteiger partial charge in [0.2, 0.25) is 0 Å². The van der Waals surface area contributed by atoms with E-state index in [1.165, 1.54) is 17.5 Å². The molecule has 0 saturated carbocycles. The Balaban J connectivity index is 0.000000163. The molecular formula is C33H25ClN8OS2. The van der Waals surface area contributed by atoms with Crippen LogP contribution in [0.25, 0.3) is 20.7 Å². The fourth-order valence-electron chi connectivity index (χ4n) is 4.88. The molecule has 0 atom stereocenters. The summed E-state index contributed by atoms with van der Waals surface area (Å²) in [6.45, 7) is 0.693. The van der Waals surface area contributed by atoms with Crippen LogP contribution in [-0.4, -0.2) is 43.2 Å². The molecule has 5 heterocycles. The first-order chi connectivity index (χ1) is 22.1. The molecule has 4 aromatic heterocycles. The number of halogens is 1. The second-order valence-corrected chi connectivity index (χ2v) is 12.6. The molecule has 0 spiro atoms. The van der Waals surface area contributed by atoms with Crippen molar-refractivity contribution in [1.29, 1.82) is 0 Å². The molecule has 0 amide bonds. The number of nitrogens with zero attached hydrogens (tertiary/aromatic N) is 7. The normalized spacial score (nSPS) is 11.8. The third-order valence-electron chi connectivity index (χ3n) is 7.04. The molecule has 7 aromatic rings. The lowest BCUT2D eigenvalue weighted by molar-refractivity contribution is 0.416. The van der Waals surface area contributed by atoms with Crippen LogP contribution in [0.3, 0.4) is 0 Å². The summed E-state index contributed by atoms with van der Waals surface area (Å²) in [5.74, 6) is 1.43. The van der Waals surface area contributed by atoms with Crippen molar-refractivity contribution in [2.45, 2.75) is 19.4 Å². The third kappa shape index (κ3) is 6.51.